The minimum absolute atomic E-state index is 0.0694. The van der Waals surface area contributed by atoms with Crippen LogP contribution >= 0.6 is 0 Å². The topological polar surface area (TPSA) is 29.5 Å². The van der Waals surface area contributed by atoms with Crippen molar-refractivity contribution in [2.75, 3.05) is 7.11 Å². The van der Waals surface area contributed by atoms with Crippen LogP contribution in [0.2, 0.25) is 0 Å². The molecule has 2 rings (SSSR count). The summed E-state index contributed by atoms with van der Waals surface area (Å²) in [7, 11) is 1.29. The summed E-state index contributed by atoms with van der Waals surface area (Å²) in [5.74, 6) is -1.90. The highest BCUT2D eigenvalue weighted by Gasteiger charge is 2.05. The lowest BCUT2D eigenvalue weighted by Gasteiger charge is -2.00. The first-order valence-corrected chi connectivity index (χ1v) is 8.77. The van der Waals surface area contributed by atoms with Gasteiger partial charge >= 0.3 is 0 Å². The summed E-state index contributed by atoms with van der Waals surface area (Å²) in [6, 6.07) is 13.4. The van der Waals surface area contributed by atoms with E-state index in [1.165, 1.54) is 19.2 Å². The number of hydrogen-bond donors (Lipinski definition) is 1. The Morgan fingerprint density at radius 3 is 1.60 bits per heavy atom. The lowest BCUT2D eigenvalue weighted by atomic mass is 10.1. The van der Waals surface area contributed by atoms with Gasteiger partial charge in [0.1, 0.15) is 0 Å². The van der Waals surface area contributed by atoms with Crippen LogP contribution in [-0.2, 0) is 0 Å². The number of hydrogen-bond acceptors (Lipinski definition) is 2. The number of aliphatic hydroxyl groups is 1. The van der Waals surface area contributed by atoms with Gasteiger partial charge in [-0.3, -0.25) is 0 Å². The third kappa shape index (κ3) is 13.1. The smallest absolute Gasteiger partial charge is 0.200 e. The zero-order valence-electron chi connectivity index (χ0n) is 16.8. The summed E-state index contributed by atoms with van der Waals surface area (Å²) in [6.07, 6.45) is -0.341. The molecule has 25 heavy (non-hydrogen) atoms. The summed E-state index contributed by atoms with van der Waals surface area (Å²) in [5, 5.41) is 9.02. The summed E-state index contributed by atoms with van der Waals surface area (Å²) in [6.45, 7) is 13.8. The molecule has 0 aliphatic rings. The van der Waals surface area contributed by atoms with Crippen molar-refractivity contribution < 1.29 is 18.6 Å². The Kier molecular flexibility index (Phi) is 22.4. The van der Waals surface area contributed by atoms with Crippen LogP contribution in [0.15, 0.2) is 48.5 Å². The Labute approximate surface area is 152 Å². The number of halogens is 2. The highest BCUT2D eigenvalue weighted by atomic mass is 19.2. The summed E-state index contributed by atoms with van der Waals surface area (Å²) in [4.78, 5) is 0. The molecule has 0 radical (unpaired) electrons. The van der Waals surface area contributed by atoms with Crippen LogP contribution in [0.1, 0.15) is 60.1 Å². The molecule has 0 amide bonds. The highest BCUT2D eigenvalue weighted by molar-refractivity contribution is 5.24. The lowest BCUT2D eigenvalue weighted by Crippen LogP contribution is -1.90. The molecule has 0 heterocycles. The molecule has 0 aliphatic carbocycles. The second kappa shape index (κ2) is 20.1. The summed E-state index contributed by atoms with van der Waals surface area (Å²) in [5.41, 5.74) is 0.970. The van der Waals surface area contributed by atoms with Gasteiger partial charge in [0.15, 0.2) is 11.6 Å². The molecule has 0 aliphatic heterocycles. The van der Waals surface area contributed by atoms with Gasteiger partial charge in [-0.2, -0.15) is 4.39 Å². The summed E-state index contributed by atoms with van der Waals surface area (Å²) < 4.78 is 29.3. The standard InChI is InChI=1S/C8H10O.C7H6F2O.3C2H6/c1-7(9)8-5-3-2-4-6-8;1-10-6-4-2-3-5(8)7(6)9;3*1-2/h2-7,9H,1H3;2-4H,1H3;3*1-2H3. The molecule has 1 N–H and O–H groups in total. The first-order chi connectivity index (χ1) is 12.1. The first kappa shape index (κ1) is 27.9. The molecule has 2 nitrogen and oxygen atoms in total. The molecule has 1 unspecified atom stereocenters. The Morgan fingerprint density at radius 2 is 1.28 bits per heavy atom. The van der Waals surface area contributed by atoms with Gasteiger partial charge < -0.3 is 9.84 Å². The third-order valence-corrected chi connectivity index (χ3v) is 2.42. The van der Waals surface area contributed by atoms with Crippen LogP contribution < -0.4 is 4.74 Å². The van der Waals surface area contributed by atoms with Gasteiger partial charge in [0.05, 0.1) is 13.2 Å². The molecule has 0 fully saturated rings. The van der Waals surface area contributed by atoms with Crippen molar-refractivity contribution in [3.05, 3.63) is 65.7 Å². The predicted octanol–water partition coefficient (Wildman–Crippen LogP) is 6.79. The van der Waals surface area contributed by atoms with E-state index in [1.54, 1.807) is 6.92 Å². The van der Waals surface area contributed by atoms with Gasteiger partial charge in [-0.1, -0.05) is 77.9 Å². The van der Waals surface area contributed by atoms with Gasteiger partial charge in [-0.05, 0) is 24.6 Å². The van der Waals surface area contributed by atoms with Crippen LogP contribution in [0.5, 0.6) is 5.75 Å². The van der Waals surface area contributed by atoms with E-state index >= 15 is 0 Å². The van der Waals surface area contributed by atoms with E-state index in [2.05, 4.69) is 4.74 Å². The third-order valence-electron chi connectivity index (χ3n) is 2.42. The van der Waals surface area contributed by atoms with Crippen molar-refractivity contribution in [1.82, 2.24) is 0 Å². The Hall–Kier alpha value is -1.94. The van der Waals surface area contributed by atoms with Crippen molar-refractivity contribution >= 4 is 0 Å². The van der Waals surface area contributed by atoms with Crippen LogP contribution in [0.25, 0.3) is 0 Å². The molecular weight excluding hydrogens is 322 g/mol. The van der Waals surface area contributed by atoms with Gasteiger partial charge in [-0.25, -0.2) is 4.39 Å². The minimum Gasteiger partial charge on any atom is -0.494 e. The predicted molar refractivity (Wildman–Crippen MR) is 104 cm³/mol. The van der Waals surface area contributed by atoms with Crippen molar-refractivity contribution in [2.45, 2.75) is 54.6 Å². The van der Waals surface area contributed by atoms with Gasteiger partial charge in [0.25, 0.3) is 0 Å². The molecule has 0 bridgehead atoms. The van der Waals surface area contributed by atoms with Gasteiger partial charge in [0, 0.05) is 0 Å². The maximum Gasteiger partial charge on any atom is 0.200 e. The highest BCUT2D eigenvalue weighted by Crippen LogP contribution is 2.17. The fourth-order valence-corrected chi connectivity index (χ4v) is 1.37. The van der Waals surface area contributed by atoms with E-state index in [1.807, 2.05) is 71.9 Å². The van der Waals surface area contributed by atoms with Crippen molar-refractivity contribution in [3.8, 4) is 5.75 Å². The average molecular weight is 356 g/mol. The molecule has 0 saturated heterocycles. The summed E-state index contributed by atoms with van der Waals surface area (Å²) >= 11 is 0. The minimum atomic E-state index is -0.940. The number of aliphatic hydroxyl groups excluding tert-OH is 1. The number of methoxy groups -OCH3 is 1. The molecule has 2 aromatic rings. The Morgan fingerprint density at radius 1 is 0.800 bits per heavy atom. The molecule has 0 aromatic heterocycles. The first-order valence-electron chi connectivity index (χ1n) is 8.77. The average Bonchev–Trinajstić information content (AvgIpc) is 2.70. The molecule has 1 atom stereocenters. The van der Waals surface area contributed by atoms with E-state index < -0.39 is 11.6 Å². The van der Waals surface area contributed by atoms with Gasteiger partial charge in [0.2, 0.25) is 5.82 Å². The normalized spacial score (nSPS) is 9.24. The molecule has 0 saturated carbocycles. The van der Waals surface area contributed by atoms with Crippen molar-refractivity contribution in [3.63, 3.8) is 0 Å². The Balaban J connectivity index is -0.000000299. The second-order valence-electron chi connectivity index (χ2n) is 3.84. The van der Waals surface area contributed by atoms with E-state index in [0.29, 0.717) is 0 Å². The zero-order chi connectivity index (χ0) is 20.3. The van der Waals surface area contributed by atoms with Crippen LogP contribution in [0.4, 0.5) is 8.78 Å². The van der Waals surface area contributed by atoms with Crippen molar-refractivity contribution in [2.24, 2.45) is 0 Å². The number of benzene rings is 2. The van der Waals surface area contributed by atoms with Crippen LogP contribution in [0, 0.1) is 11.6 Å². The molecule has 0 spiro atoms. The zero-order valence-corrected chi connectivity index (χ0v) is 16.8. The maximum atomic E-state index is 12.5. The number of rotatable bonds is 2. The number of ether oxygens (including phenoxy) is 1. The van der Waals surface area contributed by atoms with Gasteiger partial charge in [-0.15, -0.1) is 0 Å². The fourth-order valence-electron chi connectivity index (χ4n) is 1.37. The van der Waals surface area contributed by atoms with E-state index in [9.17, 15) is 8.78 Å². The quantitative estimate of drug-likeness (QED) is 0.642. The molecule has 4 heteroatoms. The van der Waals surface area contributed by atoms with E-state index in [-0.39, 0.29) is 11.9 Å². The largest absolute Gasteiger partial charge is 0.494 e. The lowest BCUT2D eigenvalue weighted by molar-refractivity contribution is 0.199. The van der Waals surface area contributed by atoms with Crippen LogP contribution in [0.3, 0.4) is 0 Å². The van der Waals surface area contributed by atoms with Crippen molar-refractivity contribution in [1.29, 1.82) is 0 Å². The molecule has 144 valence electrons. The second-order valence-corrected chi connectivity index (χ2v) is 3.84. The Bertz CT molecular complexity index is 501. The molecular formula is C21H34F2O2. The monoisotopic (exact) mass is 356 g/mol. The molecule has 2 aromatic carbocycles. The van der Waals surface area contributed by atoms with Crippen LogP contribution in [-0.4, -0.2) is 12.2 Å². The SMILES string of the molecule is CC.CC.CC.CC(O)c1ccccc1.COc1cccc(F)c1F. The maximum absolute atomic E-state index is 12.5. The fraction of sp³-hybridized carbons (Fsp3) is 0.429. The van der Waals surface area contributed by atoms with E-state index in [0.717, 1.165) is 11.6 Å². The van der Waals surface area contributed by atoms with E-state index in [4.69, 9.17) is 5.11 Å².